The third-order valence-corrected chi connectivity index (χ3v) is 7.58. The molecule has 40 heavy (non-hydrogen) atoms. The number of fused-ring (bicyclic) bond motifs is 2. The molecule has 0 aliphatic carbocycles. The van der Waals surface area contributed by atoms with E-state index in [2.05, 4.69) is 21.9 Å². The molecule has 1 atom stereocenters. The largest absolute Gasteiger partial charge is 0.489 e. The molecule has 2 amide bonds. The van der Waals surface area contributed by atoms with Crippen molar-refractivity contribution in [2.45, 2.75) is 25.9 Å². The number of ether oxygens (including phenoxy) is 1. The third-order valence-electron chi connectivity index (χ3n) is 7.16. The van der Waals surface area contributed by atoms with Crippen molar-refractivity contribution in [3.05, 3.63) is 106 Å². The van der Waals surface area contributed by atoms with E-state index in [0.717, 1.165) is 16.8 Å². The van der Waals surface area contributed by atoms with Gasteiger partial charge < -0.3 is 14.5 Å². The van der Waals surface area contributed by atoms with Gasteiger partial charge in [-0.3, -0.25) is 9.59 Å². The predicted octanol–water partition coefficient (Wildman–Crippen LogP) is 4.11. The molecule has 2 aromatic heterocycles. The number of hydrogen-bond donors (Lipinski definition) is 0. The summed E-state index contributed by atoms with van der Waals surface area (Å²) >= 11 is 6.63. The molecule has 200 valence electrons. The van der Waals surface area contributed by atoms with E-state index in [1.54, 1.807) is 22.7 Å². The summed E-state index contributed by atoms with van der Waals surface area (Å²) in [7, 11) is 1.69. The minimum atomic E-state index is -0.804. The molecule has 0 saturated heterocycles. The first-order chi connectivity index (χ1) is 19.4. The Bertz CT molecular complexity index is 1690. The number of hydrogen-bond acceptors (Lipinski definition) is 5. The number of rotatable bonds is 3. The second-order valence-electron chi connectivity index (χ2n) is 9.83. The van der Waals surface area contributed by atoms with Crippen LogP contribution in [0.25, 0.3) is 0 Å². The van der Waals surface area contributed by atoms with Gasteiger partial charge in [0.1, 0.15) is 29.2 Å². The highest BCUT2D eigenvalue weighted by Gasteiger charge is 2.40. The maximum Gasteiger partial charge on any atom is 0.275 e. The van der Waals surface area contributed by atoms with E-state index >= 15 is 0 Å². The fourth-order valence-electron chi connectivity index (χ4n) is 5.03. The van der Waals surface area contributed by atoms with E-state index in [1.807, 2.05) is 67.6 Å². The standard InChI is InChI=1S/C31H26ClN5O3/c1-20-7-6-10-23(33-20)13-11-21-12-14-27-25(17-21)35(2)30(38)26(19-40-27)36-16-15-24-28(31(36)39)34-37(29(24)32)18-22-8-4-3-5-9-22/h3-10,12,14,17,26H,15-16,18-19H2,1-2H3/t26-/m1/s1. The molecule has 2 aliphatic heterocycles. The van der Waals surface area contributed by atoms with Crippen LogP contribution in [0.1, 0.15) is 38.6 Å². The van der Waals surface area contributed by atoms with E-state index in [1.165, 1.54) is 4.90 Å². The van der Waals surface area contributed by atoms with Crippen LogP contribution in [0.5, 0.6) is 5.75 Å². The number of carbonyl (C=O) groups excluding carboxylic acids is 2. The van der Waals surface area contributed by atoms with Crippen molar-refractivity contribution in [2.75, 3.05) is 25.1 Å². The molecule has 0 spiro atoms. The molecule has 0 bridgehead atoms. The van der Waals surface area contributed by atoms with Crippen LogP contribution in [0.2, 0.25) is 5.15 Å². The van der Waals surface area contributed by atoms with Crippen molar-refractivity contribution >= 4 is 29.1 Å². The lowest BCUT2D eigenvalue weighted by Crippen LogP contribution is -2.54. The fraction of sp³-hybridized carbons (Fsp3) is 0.226. The monoisotopic (exact) mass is 551 g/mol. The maximum atomic E-state index is 13.7. The molecule has 9 heteroatoms. The van der Waals surface area contributed by atoms with Gasteiger partial charge in [0.05, 0.1) is 12.2 Å². The molecule has 8 nitrogen and oxygen atoms in total. The van der Waals surface area contributed by atoms with Crippen LogP contribution in [0.3, 0.4) is 0 Å². The summed E-state index contributed by atoms with van der Waals surface area (Å²) < 4.78 is 7.71. The lowest BCUT2D eigenvalue weighted by atomic mass is 10.0. The first kappa shape index (κ1) is 25.7. The number of anilines is 1. The van der Waals surface area contributed by atoms with Crippen molar-refractivity contribution in [3.8, 4) is 17.6 Å². The quantitative estimate of drug-likeness (QED) is 0.358. The van der Waals surface area contributed by atoms with Gasteiger partial charge in [0, 0.05) is 30.4 Å². The second-order valence-corrected chi connectivity index (χ2v) is 10.2. The molecule has 2 aliphatic rings. The van der Waals surface area contributed by atoms with Crippen molar-refractivity contribution in [3.63, 3.8) is 0 Å². The van der Waals surface area contributed by atoms with E-state index in [9.17, 15) is 9.59 Å². The molecule has 0 fully saturated rings. The molecule has 2 aromatic carbocycles. The highest BCUT2D eigenvalue weighted by molar-refractivity contribution is 6.31. The van der Waals surface area contributed by atoms with Crippen LogP contribution in [0, 0.1) is 18.8 Å². The summed E-state index contributed by atoms with van der Waals surface area (Å²) in [5.41, 5.74) is 4.90. The number of aromatic nitrogens is 3. The second kappa shape index (κ2) is 10.5. The van der Waals surface area contributed by atoms with E-state index in [-0.39, 0.29) is 24.1 Å². The van der Waals surface area contributed by atoms with Crippen LogP contribution >= 0.6 is 11.6 Å². The molecule has 4 heterocycles. The Morgan fingerprint density at radius 3 is 2.67 bits per heavy atom. The van der Waals surface area contributed by atoms with Crippen molar-refractivity contribution in [1.82, 2.24) is 19.7 Å². The normalized spacial score (nSPS) is 16.4. The van der Waals surface area contributed by atoms with Crippen LogP contribution in [-0.2, 0) is 17.8 Å². The van der Waals surface area contributed by atoms with Crippen LogP contribution < -0.4 is 9.64 Å². The Morgan fingerprint density at radius 2 is 1.88 bits per heavy atom. The van der Waals surface area contributed by atoms with Crippen LogP contribution in [0.15, 0.2) is 66.7 Å². The smallest absolute Gasteiger partial charge is 0.275 e. The number of aryl methyl sites for hydroxylation is 1. The molecular weight excluding hydrogens is 526 g/mol. The Balaban J connectivity index is 1.23. The number of pyridine rings is 1. The Morgan fingerprint density at radius 1 is 1.05 bits per heavy atom. The highest BCUT2D eigenvalue weighted by Crippen LogP contribution is 2.34. The van der Waals surface area contributed by atoms with Gasteiger partial charge >= 0.3 is 0 Å². The number of benzene rings is 2. The van der Waals surface area contributed by atoms with Crippen molar-refractivity contribution in [1.29, 1.82) is 0 Å². The van der Waals surface area contributed by atoms with Crippen LogP contribution in [0.4, 0.5) is 5.69 Å². The number of amides is 2. The van der Waals surface area contributed by atoms with Gasteiger partial charge in [-0.1, -0.05) is 53.9 Å². The van der Waals surface area contributed by atoms with Gasteiger partial charge in [-0.2, -0.15) is 5.10 Å². The average Bonchev–Trinajstić information content (AvgIpc) is 3.22. The van der Waals surface area contributed by atoms with E-state index in [4.69, 9.17) is 16.3 Å². The molecule has 0 unspecified atom stereocenters. The first-order valence-corrected chi connectivity index (χ1v) is 13.4. The Labute approximate surface area is 237 Å². The molecule has 6 rings (SSSR count). The summed E-state index contributed by atoms with van der Waals surface area (Å²) in [6.07, 6.45) is 0.502. The lowest BCUT2D eigenvalue weighted by Gasteiger charge is -2.33. The number of nitrogens with zero attached hydrogens (tertiary/aromatic N) is 5. The highest BCUT2D eigenvalue weighted by atomic mass is 35.5. The fourth-order valence-corrected chi connectivity index (χ4v) is 5.32. The zero-order valence-electron chi connectivity index (χ0n) is 22.1. The SMILES string of the molecule is Cc1cccc(C#Cc2ccc3c(c2)N(C)C(=O)[C@H](N2CCc4c(nn(Cc5ccccc5)c4Cl)C2=O)CO3)n1. The zero-order valence-corrected chi connectivity index (χ0v) is 22.9. The zero-order chi connectivity index (χ0) is 27.8. The van der Waals surface area contributed by atoms with Gasteiger partial charge in [0.2, 0.25) is 0 Å². The van der Waals surface area contributed by atoms with E-state index in [0.29, 0.717) is 47.4 Å². The average molecular weight is 552 g/mol. The number of halogens is 1. The molecule has 0 N–H and O–H groups in total. The number of likely N-dealkylation sites (N-methyl/N-ethyl adjacent to an activating group) is 1. The third kappa shape index (κ3) is 4.80. The number of carbonyl (C=O) groups is 2. The summed E-state index contributed by atoms with van der Waals surface area (Å²) in [6.45, 7) is 2.75. The summed E-state index contributed by atoms with van der Waals surface area (Å²) in [6, 6.07) is 20.2. The van der Waals surface area contributed by atoms with E-state index < -0.39 is 6.04 Å². The van der Waals surface area contributed by atoms with Crippen molar-refractivity contribution in [2.24, 2.45) is 0 Å². The maximum absolute atomic E-state index is 13.7. The predicted molar refractivity (Wildman–Crippen MR) is 152 cm³/mol. The topological polar surface area (TPSA) is 80.6 Å². The van der Waals surface area contributed by atoms with Gasteiger partial charge in [0.15, 0.2) is 5.69 Å². The molecular formula is C31H26ClN5O3. The minimum absolute atomic E-state index is 0.0357. The van der Waals surface area contributed by atoms with Gasteiger partial charge in [0.25, 0.3) is 11.8 Å². The Kier molecular flexibility index (Phi) is 6.74. The summed E-state index contributed by atoms with van der Waals surface area (Å²) in [5.74, 6) is 6.18. The van der Waals surface area contributed by atoms with Gasteiger partial charge in [-0.25, -0.2) is 9.67 Å². The first-order valence-electron chi connectivity index (χ1n) is 13.0. The Hall–Kier alpha value is -4.61. The summed E-state index contributed by atoms with van der Waals surface area (Å²) in [4.78, 5) is 34.8. The molecule has 0 saturated carbocycles. The molecule has 0 radical (unpaired) electrons. The summed E-state index contributed by atoms with van der Waals surface area (Å²) in [5, 5.41) is 5.00. The lowest BCUT2D eigenvalue weighted by molar-refractivity contribution is -0.123. The van der Waals surface area contributed by atoms with Gasteiger partial charge in [-0.15, -0.1) is 0 Å². The minimum Gasteiger partial charge on any atom is -0.489 e. The van der Waals surface area contributed by atoms with Gasteiger partial charge in [-0.05, 0) is 55.2 Å². The molecule has 4 aromatic rings. The van der Waals surface area contributed by atoms with Crippen molar-refractivity contribution < 1.29 is 14.3 Å². The van der Waals surface area contributed by atoms with Crippen LogP contribution in [-0.4, -0.2) is 57.7 Å².